The number of hydrogen-bond donors (Lipinski definition) is 1. The Morgan fingerprint density at radius 1 is 1.35 bits per heavy atom. The summed E-state index contributed by atoms with van der Waals surface area (Å²) in [5.74, 6) is 1.17. The highest BCUT2D eigenvalue weighted by Crippen LogP contribution is 2.31. The molecular weight excluding hydrogens is 214 g/mol. The van der Waals surface area contributed by atoms with Crippen LogP contribution in [0.1, 0.15) is 50.0 Å². The minimum atomic E-state index is 0.396. The van der Waals surface area contributed by atoms with Crippen LogP contribution in [0.3, 0.4) is 0 Å². The van der Waals surface area contributed by atoms with Crippen molar-refractivity contribution >= 4 is 0 Å². The number of furan rings is 1. The highest BCUT2D eigenvalue weighted by molar-refractivity contribution is 5.24. The Morgan fingerprint density at radius 2 is 2.29 bits per heavy atom. The lowest BCUT2D eigenvalue weighted by molar-refractivity contribution is 0.0786. The average Bonchev–Trinajstić information content (AvgIpc) is 3.00. The molecule has 3 atom stereocenters. The lowest BCUT2D eigenvalue weighted by atomic mass is 9.92. The molecule has 94 valence electrons. The Balaban J connectivity index is 1.66. The molecule has 0 saturated carbocycles. The number of rotatable bonds is 3. The lowest BCUT2D eigenvalue weighted by Gasteiger charge is -2.29. The third-order valence-corrected chi connectivity index (χ3v) is 4.04. The Labute approximate surface area is 103 Å². The molecular formula is C14H21NO2. The number of nitrogens with one attached hydrogen (secondary N) is 1. The first-order chi connectivity index (χ1) is 8.34. The molecule has 1 aromatic heterocycles. The van der Waals surface area contributed by atoms with Gasteiger partial charge in [-0.25, -0.2) is 0 Å². The van der Waals surface area contributed by atoms with Crippen LogP contribution in [0.25, 0.3) is 0 Å². The van der Waals surface area contributed by atoms with Crippen LogP contribution in [0.5, 0.6) is 0 Å². The molecule has 1 aliphatic heterocycles. The van der Waals surface area contributed by atoms with E-state index in [-0.39, 0.29) is 0 Å². The molecule has 3 nitrogen and oxygen atoms in total. The van der Waals surface area contributed by atoms with Crippen LogP contribution in [0.4, 0.5) is 0 Å². The molecule has 17 heavy (non-hydrogen) atoms. The zero-order valence-corrected chi connectivity index (χ0v) is 10.4. The monoisotopic (exact) mass is 235 g/mol. The van der Waals surface area contributed by atoms with Crippen molar-refractivity contribution in [2.24, 2.45) is 0 Å². The van der Waals surface area contributed by atoms with Gasteiger partial charge in [0.1, 0.15) is 5.76 Å². The highest BCUT2D eigenvalue weighted by atomic mass is 16.5. The SMILES string of the molecule is CC(NC1CCCc2occc21)C1CCCO1. The zero-order chi connectivity index (χ0) is 11.7. The van der Waals surface area contributed by atoms with E-state index < -0.39 is 0 Å². The van der Waals surface area contributed by atoms with Crippen LogP contribution >= 0.6 is 0 Å². The van der Waals surface area contributed by atoms with Crippen molar-refractivity contribution in [2.45, 2.75) is 57.2 Å². The predicted molar refractivity (Wildman–Crippen MR) is 66.0 cm³/mol. The summed E-state index contributed by atoms with van der Waals surface area (Å²) in [7, 11) is 0. The van der Waals surface area contributed by atoms with Crippen LogP contribution < -0.4 is 5.32 Å². The van der Waals surface area contributed by atoms with Crippen LogP contribution in [0, 0.1) is 0 Å². The first kappa shape index (κ1) is 11.3. The van der Waals surface area contributed by atoms with E-state index in [2.05, 4.69) is 18.3 Å². The topological polar surface area (TPSA) is 34.4 Å². The molecule has 3 heteroatoms. The maximum Gasteiger partial charge on any atom is 0.108 e. The number of aryl methyl sites for hydroxylation is 1. The smallest absolute Gasteiger partial charge is 0.108 e. The third kappa shape index (κ3) is 2.26. The van der Waals surface area contributed by atoms with Gasteiger partial charge >= 0.3 is 0 Å². The fourth-order valence-corrected chi connectivity index (χ4v) is 3.08. The summed E-state index contributed by atoms with van der Waals surface area (Å²) in [4.78, 5) is 0. The van der Waals surface area contributed by atoms with E-state index >= 15 is 0 Å². The molecule has 0 amide bonds. The van der Waals surface area contributed by atoms with Crippen molar-refractivity contribution in [2.75, 3.05) is 6.61 Å². The fourth-order valence-electron chi connectivity index (χ4n) is 3.08. The van der Waals surface area contributed by atoms with E-state index in [4.69, 9.17) is 9.15 Å². The molecule has 1 N–H and O–H groups in total. The van der Waals surface area contributed by atoms with Crippen LogP contribution in [-0.2, 0) is 11.2 Å². The fraction of sp³-hybridized carbons (Fsp3) is 0.714. The van der Waals surface area contributed by atoms with Crippen molar-refractivity contribution in [1.29, 1.82) is 0 Å². The zero-order valence-electron chi connectivity index (χ0n) is 10.4. The predicted octanol–water partition coefficient (Wildman–Crippen LogP) is 2.81. The van der Waals surface area contributed by atoms with E-state index in [1.165, 1.54) is 37.0 Å². The molecule has 0 bridgehead atoms. The van der Waals surface area contributed by atoms with E-state index in [9.17, 15) is 0 Å². The second kappa shape index (κ2) is 4.83. The van der Waals surface area contributed by atoms with Gasteiger partial charge in [0.15, 0.2) is 0 Å². The second-order valence-corrected chi connectivity index (χ2v) is 5.25. The van der Waals surface area contributed by atoms with E-state index in [1.54, 1.807) is 0 Å². The average molecular weight is 235 g/mol. The van der Waals surface area contributed by atoms with Gasteiger partial charge in [0.2, 0.25) is 0 Å². The minimum absolute atomic E-state index is 0.396. The summed E-state index contributed by atoms with van der Waals surface area (Å²) in [6.07, 6.45) is 8.14. The summed E-state index contributed by atoms with van der Waals surface area (Å²) < 4.78 is 11.3. The molecule has 1 aliphatic carbocycles. The molecule has 1 aromatic rings. The van der Waals surface area contributed by atoms with Gasteiger partial charge in [-0.1, -0.05) is 0 Å². The van der Waals surface area contributed by atoms with Gasteiger partial charge in [-0.2, -0.15) is 0 Å². The molecule has 1 saturated heterocycles. The summed E-state index contributed by atoms with van der Waals surface area (Å²) >= 11 is 0. The Hall–Kier alpha value is -0.800. The van der Waals surface area contributed by atoms with Gasteiger partial charge in [-0.15, -0.1) is 0 Å². The lowest BCUT2D eigenvalue weighted by Crippen LogP contribution is -2.40. The molecule has 0 aromatic carbocycles. The van der Waals surface area contributed by atoms with E-state index in [0.29, 0.717) is 18.2 Å². The first-order valence-electron chi connectivity index (χ1n) is 6.78. The Morgan fingerprint density at radius 3 is 3.12 bits per heavy atom. The van der Waals surface area contributed by atoms with E-state index in [0.717, 1.165) is 13.0 Å². The second-order valence-electron chi connectivity index (χ2n) is 5.25. The van der Waals surface area contributed by atoms with Gasteiger partial charge < -0.3 is 14.5 Å². The number of hydrogen-bond acceptors (Lipinski definition) is 3. The molecule has 0 radical (unpaired) electrons. The maximum atomic E-state index is 5.74. The van der Waals surface area contributed by atoms with Crippen molar-refractivity contribution in [3.05, 3.63) is 23.7 Å². The Kier molecular flexibility index (Phi) is 3.21. The summed E-state index contributed by atoms with van der Waals surface area (Å²) in [5, 5.41) is 3.72. The molecule has 3 unspecified atom stereocenters. The molecule has 0 spiro atoms. The molecule has 1 fully saturated rings. The van der Waals surface area contributed by atoms with Crippen molar-refractivity contribution < 1.29 is 9.15 Å². The Bertz CT molecular complexity index is 368. The normalized spacial score (nSPS) is 30.2. The van der Waals surface area contributed by atoms with Gasteiger partial charge in [0.25, 0.3) is 0 Å². The quantitative estimate of drug-likeness (QED) is 0.874. The summed E-state index contributed by atoms with van der Waals surface area (Å²) in [5.41, 5.74) is 1.36. The van der Waals surface area contributed by atoms with Gasteiger partial charge in [-0.3, -0.25) is 0 Å². The largest absolute Gasteiger partial charge is 0.469 e. The molecule has 3 rings (SSSR count). The van der Waals surface area contributed by atoms with E-state index in [1.807, 2.05) is 6.26 Å². The maximum absolute atomic E-state index is 5.74. The third-order valence-electron chi connectivity index (χ3n) is 4.04. The van der Waals surface area contributed by atoms with Crippen LogP contribution in [0.15, 0.2) is 16.7 Å². The first-order valence-corrected chi connectivity index (χ1v) is 6.78. The van der Waals surface area contributed by atoms with Crippen LogP contribution in [-0.4, -0.2) is 18.8 Å². The highest BCUT2D eigenvalue weighted by Gasteiger charge is 2.28. The summed E-state index contributed by atoms with van der Waals surface area (Å²) in [6, 6.07) is 3.01. The van der Waals surface area contributed by atoms with Crippen molar-refractivity contribution in [3.8, 4) is 0 Å². The molecule has 2 heterocycles. The van der Waals surface area contributed by atoms with Crippen molar-refractivity contribution in [1.82, 2.24) is 5.32 Å². The number of ether oxygens (including phenoxy) is 1. The summed E-state index contributed by atoms with van der Waals surface area (Å²) in [6.45, 7) is 3.17. The van der Waals surface area contributed by atoms with Gasteiger partial charge in [0.05, 0.1) is 12.4 Å². The minimum Gasteiger partial charge on any atom is -0.469 e. The standard InChI is InChI=1S/C14H21NO2/c1-10(13-6-3-8-16-13)15-12-4-2-5-14-11(12)7-9-17-14/h7,9-10,12-13,15H,2-6,8H2,1H3. The van der Waals surface area contributed by atoms with Crippen LogP contribution in [0.2, 0.25) is 0 Å². The van der Waals surface area contributed by atoms with Crippen molar-refractivity contribution in [3.63, 3.8) is 0 Å². The van der Waals surface area contributed by atoms with Gasteiger partial charge in [-0.05, 0) is 38.7 Å². The number of fused-ring (bicyclic) bond motifs is 1. The van der Waals surface area contributed by atoms with Gasteiger partial charge in [0, 0.05) is 30.7 Å². The molecule has 2 aliphatic rings.